The van der Waals surface area contributed by atoms with Crippen LogP contribution < -0.4 is 4.74 Å². The van der Waals surface area contributed by atoms with Gasteiger partial charge in [0.25, 0.3) is 0 Å². The molecule has 30 heavy (non-hydrogen) atoms. The summed E-state index contributed by atoms with van der Waals surface area (Å²) in [7, 11) is -1.63. The van der Waals surface area contributed by atoms with Gasteiger partial charge >= 0.3 is 0 Å². The lowest BCUT2D eigenvalue weighted by Crippen LogP contribution is -2.06. The number of rotatable bonds is 7. The highest BCUT2D eigenvalue weighted by atomic mass is 32.3. The van der Waals surface area contributed by atoms with Crippen LogP contribution in [0.3, 0.4) is 0 Å². The van der Waals surface area contributed by atoms with E-state index in [1.807, 2.05) is 6.92 Å². The van der Waals surface area contributed by atoms with E-state index in [4.69, 9.17) is 4.74 Å². The van der Waals surface area contributed by atoms with Gasteiger partial charge in [0.05, 0.1) is 6.61 Å². The SMILES string of the molecule is CCOc1ccc(S(c2ccccc2)(c2ccccc2)c2ccccc2)cc1CC. The number of hydrogen-bond acceptors (Lipinski definition) is 1. The minimum absolute atomic E-state index is 0.681. The summed E-state index contributed by atoms with van der Waals surface area (Å²) in [5, 5.41) is 0. The largest absolute Gasteiger partial charge is 0.494 e. The van der Waals surface area contributed by atoms with Gasteiger partial charge in [-0.15, -0.1) is 10.0 Å². The zero-order valence-corrected chi connectivity index (χ0v) is 18.4. The quantitative estimate of drug-likeness (QED) is 0.299. The first-order valence-corrected chi connectivity index (χ1v) is 12.2. The maximum absolute atomic E-state index is 5.92. The molecule has 4 rings (SSSR count). The summed E-state index contributed by atoms with van der Waals surface area (Å²) >= 11 is 0. The van der Waals surface area contributed by atoms with Crippen LogP contribution in [0.15, 0.2) is 129 Å². The van der Waals surface area contributed by atoms with Crippen molar-refractivity contribution in [2.24, 2.45) is 0 Å². The van der Waals surface area contributed by atoms with E-state index < -0.39 is 10.0 Å². The molecule has 0 bridgehead atoms. The molecule has 0 amide bonds. The summed E-state index contributed by atoms with van der Waals surface area (Å²) < 4.78 is 5.92. The second-order valence-electron chi connectivity index (χ2n) is 7.11. The Morgan fingerprint density at radius 1 is 0.567 bits per heavy atom. The first-order chi connectivity index (χ1) is 14.8. The third kappa shape index (κ3) is 3.64. The predicted octanol–water partition coefficient (Wildman–Crippen LogP) is 7.99. The third-order valence-corrected chi connectivity index (χ3v) is 9.26. The summed E-state index contributed by atoms with van der Waals surface area (Å²) in [6.45, 7) is 4.92. The fraction of sp³-hybridized carbons (Fsp3) is 0.143. The van der Waals surface area contributed by atoms with Crippen LogP contribution in [0.4, 0.5) is 0 Å². The van der Waals surface area contributed by atoms with Gasteiger partial charge in [0, 0.05) is 19.6 Å². The van der Waals surface area contributed by atoms with Gasteiger partial charge in [0.15, 0.2) is 0 Å². The highest BCUT2D eigenvalue weighted by molar-refractivity contribution is 8.34. The molecular formula is C28H28OS. The second kappa shape index (κ2) is 9.23. The Balaban J connectivity index is 2.08. The van der Waals surface area contributed by atoms with Crippen LogP contribution in [0.1, 0.15) is 19.4 Å². The van der Waals surface area contributed by atoms with E-state index in [2.05, 4.69) is 116 Å². The van der Waals surface area contributed by atoms with Crippen molar-refractivity contribution in [3.63, 3.8) is 0 Å². The minimum atomic E-state index is -1.63. The van der Waals surface area contributed by atoms with Crippen LogP contribution in [-0.4, -0.2) is 6.61 Å². The first kappa shape index (κ1) is 20.3. The Hall–Kier alpha value is -2.97. The Morgan fingerprint density at radius 2 is 1.03 bits per heavy atom. The molecule has 0 spiro atoms. The molecule has 0 saturated carbocycles. The monoisotopic (exact) mass is 412 g/mol. The van der Waals surface area contributed by atoms with Crippen molar-refractivity contribution >= 4 is 10.0 Å². The summed E-state index contributed by atoms with van der Waals surface area (Å²) in [4.78, 5) is 5.36. The molecule has 152 valence electrons. The molecule has 0 radical (unpaired) electrons. The number of ether oxygens (including phenoxy) is 1. The molecule has 0 aromatic heterocycles. The van der Waals surface area contributed by atoms with Gasteiger partial charge in [-0.2, -0.15) is 0 Å². The van der Waals surface area contributed by atoms with E-state index >= 15 is 0 Å². The summed E-state index contributed by atoms with van der Waals surface area (Å²) in [6.07, 6.45) is 0.942. The number of hydrogen-bond donors (Lipinski definition) is 0. The van der Waals surface area contributed by atoms with Crippen molar-refractivity contribution < 1.29 is 4.74 Å². The average molecular weight is 413 g/mol. The van der Waals surface area contributed by atoms with Crippen molar-refractivity contribution in [2.45, 2.75) is 39.9 Å². The first-order valence-electron chi connectivity index (χ1n) is 10.5. The molecule has 0 fully saturated rings. The van der Waals surface area contributed by atoms with Crippen molar-refractivity contribution in [1.29, 1.82) is 0 Å². The summed E-state index contributed by atoms with van der Waals surface area (Å²) in [5.74, 6) is 0.992. The number of benzene rings is 4. The van der Waals surface area contributed by atoms with Gasteiger partial charge in [-0.25, -0.2) is 0 Å². The molecule has 0 heterocycles. The van der Waals surface area contributed by atoms with Crippen molar-refractivity contribution in [2.75, 3.05) is 6.61 Å². The molecule has 0 aliphatic carbocycles. The lowest BCUT2D eigenvalue weighted by molar-refractivity contribution is 0.336. The maximum atomic E-state index is 5.92. The summed E-state index contributed by atoms with van der Waals surface area (Å²) in [5.41, 5.74) is 1.26. The van der Waals surface area contributed by atoms with E-state index in [1.165, 1.54) is 25.1 Å². The molecule has 1 nitrogen and oxygen atoms in total. The Bertz CT molecular complexity index is 979. The highest BCUT2D eigenvalue weighted by Gasteiger charge is 2.33. The van der Waals surface area contributed by atoms with Crippen LogP contribution in [-0.2, 0) is 6.42 Å². The Kier molecular flexibility index (Phi) is 6.25. The predicted molar refractivity (Wildman–Crippen MR) is 127 cm³/mol. The molecule has 0 N–H and O–H groups in total. The molecule has 2 heteroatoms. The Morgan fingerprint density at radius 3 is 1.43 bits per heavy atom. The standard InChI is InChI=1S/C28H28OS/c1-3-23-22-27(20-21-28(23)29-4-2)30(24-14-8-5-9-15-24,25-16-10-6-11-17-25)26-18-12-7-13-19-26/h5-22H,3-4H2,1-2H3. The molecular weight excluding hydrogens is 384 g/mol. The zero-order chi connectivity index (χ0) is 20.8. The molecule has 0 saturated heterocycles. The lowest BCUT2D eigenvalue weighted by atomic mass is 10.1. The minimum Gasteiger partial charge on any atom is -0.494 e. The van der Waals surface area contributed by atoms with Gasteiger partial charge in [-0.05, 0) is 73.5 Å². The molecule has 0 unspecified atom stereocenters. The van der Waals surface area contributed by atoms with Crippen LogP contribution in [0.25, 0.3) is 0 Å². The lowest BCUT2D eigenvalue weighted by Gasteiger charge is -2.42. The Labute approximate surface area is 181 Å². The van der Waals surface area contributed by atoms with Gasteiger partial charge in [0.1, 0.15) is 5.75 Å². The molecule has 4 aromatic carbocycles. The van der Waals surface area contributed by atoms with Gasteiger partial charge in [-0.3, -0.25) is 0 Å². The van der Waals surface area contributed by atoms with Gasteiger partial charge < -0.3 is 4.74 Å². The molecule has 0 aliphatic rings. The van der Waals surface area contributed by atoms with Crippen LogP contribution in [0, 0.1) is 0 Å². The fourth-order valence-corrected chi connectivity index (χ4v) is 7.93. The van der Waals surface area contributed by atoms with Crippen molar-refractivity contribution in [3.05, 3.63) is 115 Å². The van der Waals surface area contributed by atoms with E-state index in [0.29, 0.717) is 6.61 Å². The third-order valence-electron chi connectivity index (χ3n) is 5.36. The van der Waals surface area contributed by atoms with E-state index in [-0.39, 0.29) is 0 Å². The van der Waals surface area contributed by atoms with E-state index in [9.17, 15) is 0 Å². The molecule has 0 aliphatic heterocycles. The highest BCUT2D eigenvalue weighted by Crippen LogP contribution is 2.73. The van der Waals surface area contributed by atoms with Crippen LogP contribution >= 0.6 is 10.0 Å². The maximum Gasteiger partial charge on any atom is 0.122 e. The van der Waals surface area contributed by atoms with Crippen molar-refractivity contribution in [1.82, 2.24) is 0 Å². The normalized spacial score (nSPS) is 11.8. The molecule has 0 atom stereocenters. The average Bonchev–Trinajstić information content (AvgIpc) is 2.83. The van der Waals surface area contributed by atoms with Crippen LogP contribution in [0.2, 0.25) is 0 Å². The number of aryl methyl sites for hydroxylation is 1. The van der Waals surface area contributed by atoms with Gasteiger partial charge in [-0.1, -0.05) is 61.5 Å². The molecule has 4 aromatic rings. The summed E-state index contributed by atoms with van der Waals surface area (Å²) in [6, 6.07) is 39.6. The smallest absolute Gasteiger partial charge is 0.122 e. The second-order valence-corrected chi connectivity index (χ2v) is 10.2. The fourth-order valence-electron chi connectivity index (χ4n) is 4.01. The van der Waals surface area contributed by atoms with Crippen LogP contribution in [0.5, 0.6) is 5.75 Å². The van der Waals surface area contributed by atoms with E-state index in [0.717, 1.165) is 12.2 Å². The zero-order valence-electron chi connectivity index (χ0n) is 17.6. The topological polar surface area (TPSA) is 9.23 Å². The van der Waals surface area contributed by atoms with Crippen molar-refractivity contribution in [3.8, 4) is 5.75 Å². The van der Waals surface area contributed by atoms with E-state index in [1.54, 1.807) is 0 Å². The van der Waals surface area contributed by atoms with Gasteiger partial charge in [0.2, 0.25) is 0 Å².